The number of hydrogen-bond donors (Lipinski definition) is 1. The van der Waals surface area contributed by atoms with Crippen LogP contribution >= 0.6 is 0 Å². The van der Waals surface area contributed by atoms with Gasteiger partial charge in [0.25, 0.3) is 0 Å². The summed E-state index contributed by atoms with van der Waals surface area (Å²) in [4.78, 5) is 28.4. The average molecular weight is 351 g/mol. The maximum absolute atomic E-state index is 12.6. The second kappa shape index (κ2) is 7.60. The molecule has 0 saturated carbocycles. The number of nitrogens with zero attached hydrogens (tertiary/aromatic N) is 2. The molecule has 0 aliphatic carbocycles. The summed E-state index contributed by atoms with van der Waals surface area (Å²) >= 11 is 0. The fraction of sp³-hybridized carbons (Fsp3) is 0.333. The average Bonchev–Trinajstić information content (AvgIpc) is 2.96. The summed E-state index contributed by atoms with van der Waals surface area (Å²) in [5.74, 6) is 0.147. The number of rotatable bonds is 5. The van der Waals surface area contributed by atoms with E-state index in [9.17, 15) is 9.59 Å². The maximum Gasteiger partial charge on any atom is 0.325 e. The molecule has 1 saturated heterocycles. The molecule has 0 spiro atoms. The van der Waals surface area contributed by atoms with E-state index in [1.807, 2.05) is 55.5 Å². The number of para-hydroxylation sites is 1. The van der Waals surface area contributed by atoms with Crippen LogP contribution < -0.4 is 10.2 Å². The molecule has 5 nitrogen and oxygen atoms in total. The molecule has 3 amide bonds. The van der Waals surface area contributed by atoms with E-state index in [0.29, 0.717) is 19.0 Å². The fourth-order valence-corrected chi connectivity index (χ4v) is 3.17. The van der Waals surface area contributed by atoms with E-state index in [2.05, 4.69) is 19.2 Å². The number of urea groups is 1. The number of anilines is 2. The molecular weight excluding hydrogens is 326 g/mol. The van der Waals surface area contributed by atoms with Crippen LogP contribution in [0, 0.1) is 6.92 Å². The van der Waals surface area contributed by atoms with Gasteiger partial charge in [0, 0.05) is 24.5 Å². The predicted molar refractivity (Wildman–Crippen MR) is 105 cm³/mol. The Labute approximate surface area is 154 Å². The van der Waals surface area contributed by atoms with E-state index in [0.717, 1.165) is 22.5 Å². The van der Waals surface area contributed by atoms with Crippen LogP contribution in [-0.4, -0.2) is 36.5 Å². The van der Waals surface area contributed by atoms with Crippen LogP contribution in [0.1, 0.15) is 30.9 Å². The molecule has 1 aliphatic rings. The van der Waals surface area contributed by atoms with Crippen LogP contribution in [-0.2, 0) is 4.79 Å². The van der Waals surface area contributed by atoms with Gasteiger partial charge in [0.15, 0.2) is 0 Å². The highest BCUT2D eigenvalue weighted by atomic mass is 16.2. The van der Waals surface area contributed by atoms with Gasteiger partial charge >= 0.3 is 6.03 Å². The molecule has 0 radical (unpaired) electrons. The molecule has 0 unspecified atom stereocenters. The highest BCUT2D eigenvalue weighted by Gasteiger charge is 2.30. The van der Waals surface area contributed by atoms with Crippen molar-refractivity contribution in [3.05, 3.63) is 59.7 Å². The largest absolute Gasteiger partial charge is 0.325 e. The normalized spacial score (nSPS) is 14.2. The molecule has 2 aromatic rings. The summed E-state index contributed by atoms with van der Waals surface area (Å²) in [6.07, 6.45) is 0. The third-order valence-corrected chi connectivity index (χ3v) is 4.63. The van der Waals surface area contributed by atoms with E-state index in [4.69, 9.17) is 0 Å². The standard InChI is InChI=1S/C21H25N3O2/c1-15(2)18-6-4-5-7-19(18)22-20(25)14-23-12-13-24(21(23)26)17-10-8-16(3)9-11-17/h4-11,15H,12-14H2,1-3H3,(H,22,25). The molecular formula is C21H25N3O2. The number of nitrogens with one attached hydrogen (secondary N) is 1. The highest BCUT2D eigenvalue weighted by molar-refractivity contribution is 5.99. The number of hydrogen-bond acceptors (Lipinski definition) is 2. The van der Waals surface area contributed by atoms with Crippen LogP contribution in [0.5, 0.6) is 0 Å². The van der Waals surface area contributed by atoms with Crippen LogP contribution in [0.3, 0.4) is 0 Å². The number of benzene rings is 2. The lowest BCUT2D eigenvalue weighted by Gasteiger charge is -2.19. The third-order valence-electron chi connectivity index (χ3n) is 4.63. The smallest absolute Gasteiger partial charge is 0.324 e. The molecule has 1 fully saturated rings. The van der Waals surface area contributed by atoms with Crippen molar-refractivity contribution in [2.45, 2.75) is 26.7 Å². The molecule has 3 rings (SSSR count). The first kappa shape index (κ1) is 18.0. The second-order valence-electron chi connectivity index (χ2n) is 6.98. The molecule has 1 N–H and O–H groups in total. The van der Waals surface area contributed by atoms with Gasteiger partial charge in [0.2, 0.25) is 5.91 Å². The Morgan fingerprint density at radius 2 is 1.77 bits per heavy atom. The molecule has 0 atom stereocenters. The SMILES string of the molecule is Cc1ccc(N2CCN(CC(=O)Nc3ccccc3C(C)C)C2=O)cc1. The Hall–Kier alpha value is -2.82. The zero-order valence-corrected chi connectivity index (χ0v) is 15.5. The van der Waals surface area contributed by atoms with Gasteiger partial charge in [-0.1, -0.05) is 49.7 Å². The van der Waals surface area contributed by atoms with E-state index >= 15 is 0 Å². The minimum Gasteiger partial charge on any atom is -0.324 e. The van der Waals surface area contributed by atoms with Gasteiger partial charge in [-0.25, -0.2) is 4.79 Å². The molecule has 1 aliphatic heterocycles. The van der Waals surface area contributed by atoms with Crippen molar-refractivity contribution in [3.63, 3.8) is 0 Å². The first-order chi connectivity index (χ1) is 12.5. The minimum atomic E-state index is -0.169. The Balaban J connectivity index is 1.64. The molecule has 2 aromatic carbocycles. The Bertz CT molecular complexity index is 799. The molecule has 136 valence electrons. The number of amides is 3. The lowest BCUT2D eigenvalue weighted by atomic mass is 10.0. The lowest BCUT2D eigenvalue weighted by Crippen LogP contribution is -2.37. The summed E-state index contributed by atoms with van der Waals surface area (Å²) in [6, 6.07) is 15.5. The molecule has 0 bridgehead atoms. The fourth-order valence-electron chi connectivity index (χ4n) is 3.17. The lowest BCUT2D eigenvalue weighted by molar-refractivity contribution is -0.116. The second-order valence-corrected chi connectivity index (χ2v) is 6.98. The van der Waals surface area contributed by atoms with Gasteiger partial charge in [0.1, 0.15) is 6.54 Å². The van der Waals surface area contributed by atoms with Crippen molar-refractivity contribution in [1.29, 1.82) is 0 Å². The van der Waals surface area contributed by atoms with Crippen molar-refractivity contribution in [2.24, 2.45) is 0 Å². The summed E-state index contributed by atoms with van der Waals surface area (Å²) < 4.78 is 0. The Morgan fingerprint density at radius 1 is 1.08 bits per heavy atom. The molecule has 5 heteroatoms. The van der Waals surface area contributed by atoms with Gasteiger partial charge < -0.3 is 10.2 Å². The molecule has 0 aromatic heterocycles. The quantitative estimate of drug-likeness (QED) is 0.885. The maximum atomic E-state index is 12.6. The van der Waals surface area contributed by atoms with E-state index < -0.39 is 0 Å². The molecule has 1 heterocycles. The van der Waals surface area contributed by atoms with Crippen molar-refractivity contribution < 1.29 is 9.59 Å². The number of carbonyl (C=O) groups excluding carboxylic acids is 2. The van der Waals surface area contributed by atoms with E-state index in [1.54, 1.807) is 9.80 Å². The topological polar surface area (TPSA) is 52.6 Å². The number of carbonyl (C=O) groups is 2. The Morgan fingerprint density at radius 3 is 2.46 bits per heavy atom. The Kier molecular flexibility index (Phi) is 5.26. The van der Waals surface area contributed by atoms with Crippen LogP contribution in [0.15, 0.2) is 48.5 Å². The van der Waals surface area contributed by atoms with Gasteiger partial charge in [-0.2, -0.15) is 0 Å². The first-order valence-electron chi connectivity index (χ1n) is 8.97. The summed E-state index contributed by atoms with van der Waals surface area (Å²) in [6.45, 7) is 7.40. The van der Waals surface area contributed by atoms with Crippen LogP contribution in [0.4, 0.5) is 16.2 Å². The number of aryl methyl sites for hydroxylation is 1. The zero-order valence-electron chi connectivity index (χ0n) is 15.5. The van der Waals surface area contributed by atoms with Crippen molar-refractivity contribution >= 4 is 23.3 Å². The third kappa shape index (κ3) is 3.87. The van der Waals surface area contributed by atoms with Gasteiger partial charge in [-0.3, -0.25) is 9.69 Å². The predicted octanol–water partition coefficient (Wildman–Crippen LogP) is 4.00. The minimum absolute atomic E-state index is 0.0631. The van der Waals surface area contributed by atoms with Crippen LogP contribution in [0.2, 0.25) is 0 Å². The highest BCUT2D eigenvalue weighted by Crippen LogP contribution is 2.24. The van der Waals surface area contributed by atoms with Crippen molar-refractivity contribution in [3.8, 4) is 0 Å². The van der Waals surface area contributed by atoms with Gasteiger partial charge in [-0.15, -0.1) is 0 Å². The van der Waals surface area contributed by atoms with Gasteiger partial charge in [-0.05, 0) is 36.6 Å². The summed E-state index contributed by atoms with van der Waals surface area (Å²) in [5.41, 5.74) is 3.93. The first-order valence-corrected chi connectivity index (χ1v) is 8.97. The van der Waals surface area contributed by atoms with Crippen LogP contribution in [0.25, 0.3) is 0 Å². The summed E-state index contributed by atoms with van der Waals surface area (Å²) in [5, 5.41) is 2.95. The van der Waals surface area contributed by atoms with E-state index in [1.165, 1.54) is 0 Å². The zero-order chi connectivity index (χ0) is 18.7. The monoisotopic (exact) mass is 351 g/mol. The van der Waals surface area contributed by atoms with E-state index in [-0.39, 0.29) is 18.5 Å². The van der Waals surface area contributed by atoms with Crippen molar-refractivity contribution in [2.75, 3.05) is 29.9 Å². The van der Waals surface area contributed by atoms with Crippen molar-refractivity contribution in [1.82, 2.24) is 4.90 Å². The summed E-state index contributed by atoms with van der Waals surface area (Å²) in [7, 11) is 0. The van der Waals surface area contributed by atoms with Gasteiger partial charge in [0.05, 0.1) is 0 Å². The molecule has 26 heavy (non-hydrogen) atoms.